The third kappa shape index (κ3) is 1.32. The van der Waals surface area contributed by atoms with Crippen molar-refractivity contribution in [3.63, 3.8) is 0 Å². The molecule has 2 atom stereocenters. The summed E-state index contributed by atoms with van der Waals surface area (Å²) in [4.78, 5) is 13.3. The van der Waals surface area contributed by atoms with Crippen LogP contribution in [-0.4, -0.2) is 30.6 Å². The normalized spacial score (nSPS) is 30.7. The summed E-state index contributed by atoms with van der Waals surface area (Å²) >= 11 is 0. The molecule has 2 rings (SSSR count). The zero-order valence-corrected chi connectivity index (χ0v) is 7.95. The van der Waals surface area contributed by atoms with Gasteiger partial charge in [-0.2, -0.15) is 0 Å². The minimum atomic E-state index is -0.285. The van der Waals surface area contributed by atoms with Crippen molar-refractivity contribution in [3.8, 4) is 0 Å². The lowest BCUT2D eigenvalue weighted by molar-refractivity contribution is -0.138. The van der Waals surface area contributed by atoms with Crippen LogP contribution in [0.4, 0.5) is 0 Å². The van der Waals surface area contributed by atoms with Crippen LogP contribution < -0.4 is 0 Å². The van der Waals surface area contributed by atoms with Crippen molar-refractivity contribution in [3.05, 3.63) is 12.3 Å². The van der Waals surface area contributed by atoms with Gasteiger partial charge in [0.2, 0.25) is 0 Å². The molecule has 0 aromatic rings. The molecule has 1 saturated heterocycles. The molecule has 1 saturated carbocycles. The van der Waals surface area contributed by atoms with E-state index >= 15 is 0 Å². The third-order valence-electron chi connectivity index (χ3n) is 3.18. The number of hydrogen-bond acceptors (Lipinski definition) is 3. The molecule has 13 heavy (non-hydrogen) atoms. The van der Waals surface area contributed by atoms with E-state index in [1.807, 2.05) is 0 Å². The molecule has 0 radical (unpaired) electrons. The Morgan fingerprint density at radius 1 is 1.54 bits per heavy atom. The lowest BCUT2D eigenvalue weighted by atomic mass is 10.1. The van der Waals surface area contributed by atoms with E-state index in [4.69, 9.17) is 0 Å². The largest absolute Gasteiger partial charge is 0.464 e. The highest BCUT2D eigenvalue weighted by atomic mass is 16.5. The average molecular weight is 181 g/mol. The summed E-state index contributed by atoms with van der Waals surface area (Å²) in [6.07, 6.45) is 3.76. The van der Waals surface area contributed by atoms with Crippen LogP contribution in [0, 0.1) is 5.92 Å². The van der Waals surface area contributed by atoms with Crippen molar-refractivity contribution in [1.29, 1.82) is 0 Å². The van der Waals surface area contributed by atoms with Gasteiger partial charge in [0.1, 0.15) is 5.70 Å². The van der Waals surface area contributed by atoms with Gasteiger partial charge in [-0.3, -0.25) is 0 Å². The number of nitrogens with zero attached hydrogens (tertiary/aromatic N) is 1. The number of rotatable bonds is 2. The van der Waals surface area contributed by atoms with Gasteiger partial charge in [0.15, 0.2) is 0 Å². The van der Waals surface area contributed by atoms with E-state index in [1.165, 1.54) is 26.4 Å². The summed E-state index contributed by atoms with van der Waals surface area (Å²) in [5, 5.41) is 0. The van der Waals surface area contributed by atoms with Crippen LogP contribution in [0.25, 0.3) is 0 Å². The zero-order chi connectivity index (χ0) is 9.42. The summed E-state index contributed by atoms with van der Waals surface area (Å²) in [5.74, 6) is 0.499. The van der Waals surface area contributed by atoms with E-state index < -0.39 is 0 Å². The van der Waals surface area contributed by atoms with Gasteiger partial charge >= 0.3 is 5.97 Å². The molecule has 1 aliphatic heterocycles. The standard InChI is InChI=1S/C10H15NO2/c1-7(10(12)13-2)11-6-8-3-4-9(11)5-8/h8-9H,1,3-6H2,2H3. The van der Waals surface area contributed by atoms with E-state index in [0.29, 0.717) is 11.7 Å². The molecule has 1 heterocycles. The van der Waals surface area contributed by atoms with E-state index in [-0.39, 0.29) is 5.97 Å². The second-order valence-electron chi connectivity index (χ2n) is 3.92. The summed E-state index contributed by atoms with van der Waals surface area (Å²) in [6.45, 7) is 4.78. The van der Waals surface area contributed by atoms with Gasteiger partial charge < -0.3 is 9.64 Å². The molecular weight excluding hydrogens is 166 g/mol. The average Bonchev–Trinajstić information content (AvgIpc) is 2.76. The minimum absolute atomic E-state index is 0.285. The number of carbonyl (C=O) groups is 1. The van der Waals surface area contributed by atoms with Gasteiger partial charge in [0.25, 0.3) is 0 Å². The first-order chi connectivity index (χ1) is 6.22. The van der Waals surface area contributed by atoms with Crippen LogP contribution in [0.15, 0.2) is 12.3 Å². The topological polar surface area (TPSA) is 29.5 Å². The van der Waals surface area contributed by atoms with Crippen LogP contribution in [0.3, 0.4) is 0 Å². The number of esters is 1. The second kappa shape index (κ2) is 3.05. The van der Waals surface area contributed by atoms with Crippen LogP contribution >= 0.6 is 0 Å². The number of piperidine rings is 1. The molecule has 1 aliphatic carbocycles. The Labute approximate surface area is 78.4 Å². The summed E-state index contributed by atoms with van der Waals surface area (Å²) in [5.41, 5.74) is 0.537. The summed E-state index contributed by atoms with van der Waals surface area (Å²) in [6, 6.07) is 0.552. The quantitative estimate of drug-likeness (QED) is 0.473. The molecule has 3 nitrogen and oxygen atoms in total. The first kappa shape index (κ1) is 8.60. The molecule has 2 unspecified atom stereocenters. The molecule has 0 N–H and O–H groups in total. The Morgan fingerprint density at radius 3 is 2.77 bits per heavy atom. The summed E-state index contributed by atoms with van der Waals surface area (Å²) < 4.78 is 4.65. The van der Waals surface area contributed by atoms with Crippen molar-refractivity contribution in [2.45, 2.75) is 25.3 Å². The van der Waals surface area contributed by atoms with Gasteiger partial charge in [-0.1, -0.05) is 6.58 Å². The van der Waals surface area contributed by atoms with E-state index in [0.717, 1.165) is 12.5 Å². The van der Waals surface area contributed by atoms with Crippen LogP contribution in [-0.2, 0) is 9.53 Å². The number of fused-ring (bicyclic) bond motifs is 2. The second-order valence-corrected chi connectivity index (χ2v) is 3.92. The minimum Gasteiger partial charge on any atom is -0.464 e. The SMILES string of the molecule is C=C(C(=O)OC)N1CC2CCC1C2. The maximum absolute atomic E-state index is 11.2. The van der Waals surface area contributed by atoms with E-state index in [2.05, 4.69) is 16.2 Å². The first-order valence-corrected chi connectivity index (χ1v) is 4.76. The Bertz CT molecular complexity index is 249. The Balaban J connectivity index is 2.02. The zero-order valence-electron chi connectivity index (χ0n) is 7.95. The number of carbonyl (C=O) groups excluding carboxylic acids is 1. The van der Waals surface area contributed by atoms with Crippen LogP contribution in [0.1, 0.15) is 19.3 Å². The molecule has 2 bridgehead atoms. The van der Waals surface area contributed by atoms with Gasteiger partial charge in [-0.25, -0.2) is 4.79 Å². The fraction of sp³-hybridized carbons (Fsp3) is 0.700. The van der Waals surface area contributed by atoms with E-state index in [1.54, 1.807) is 0 Å². The number of methoxy groups -OCH3 is 1. The van der Waals surface area contributed by atoms with Crippen LogP contribution in [0.5, 0.6) is 0 Å². The number of likely N-dealkylation sites (tertiary alicyclic amines) is 1. The van der Waals surface area contributed by atoms with Gasteiger partial charge in [0.05, 0.1) is 7.11 Å². The lowest BCUT2D eigenvalue weighted by Gasteiger charge is -2.29. The predicted octanol–water partition coefficient (Wildman–Crippen LogP) is 1.16. The van der Waals surface area contributed by atoms with Crippen molar-refractivity contribution >= 4 is 5.97 Å². The fourth-order valence-electron chi connectivity index (χ4n) is 2.49. The van der Waals surface area contributed by atoms with Crippen molar-refractivity contribution in [2.75, 3.05) is 13.7 Å². The number of hydrogen-bond donors (Lipinski definition) is 0. The molecule has 0 spiro atoms. The molecule has 2 aliphatic rings. The molecule has 0 amide bonds. The van der Waals surface area contributed by atoms with E-state index in [9.17, 15) is 4.79 Å². The van der Waals surface area contributed by atoms with Crippen molar-refractivity contribution in [1.82, 2.24) is 4.90 Å². The van der Waals surface area contributed by atoms with Crippen molar-refractivity contribution in [2.24, 2.45) is 5.92 Å². The maximum Gasteiger partial charge on any atom is 0.353 e. The molecular formula is C10H15NO2. The molecule has 2 fully saturated rings. The smallest absolute Gasteiger partial charge is 0.353 e. The predicted molar refractivity (Wildman–Crippen MR) is 49.0 cm³/mol. The number of ether oxygens (including phenoxy) is 1. The molecule has 72 valence electrons. The highest BCUT2D eigenvalue weighted by Crippen LogP contribution is 2.39. The molecule has 0 aromatic heterocycles. The third-order valence-corrected chi connectivity index (χ3v) is 3.18. The Kier molecular flexibility index (Phi) is 2.02. The van der Waals surface area contributed by atoms with Gasteiger partial charge in [-0.15, -0.1) is 0 Å². The van der Waals surface area contributed by atoms with Crippen molar-refractivity contribution < 1.29 is 9.53 Å². The monoisotopic (exact) mass is 181 g/mol. The Morgan fingerprint density at radius 2 is 2.31 bits per heavy atom. The summed E-state index contributed by atoms with van der Waals surface area (Å²) in [7, 11) is 1.40. The van der Waals surface area contributed by atoms with Gasteiger partial charge in [0, 0.05) is 12.6 Å². The maximum atomic E-state index is 11.2. The highest BCUT2D eigenvalue weighted by Gasteiger charge is 2.39. The van der Waals surface area contributed by atoms with Crippen LogP contribution in [0.2, 0.25) is 0 Å². The highest BCUT2D eigenvalue weighted by molar-refractivity contribution is 5.87. The molecule has 0 aromatic carbocycles. The Hall–Kier alpha value is -0.990. The lowest BCUT2D eigenvalue weighted by Crippen LogP contribution is -2.34. The van der Waals surface area contributed by atoms with Gasteiger partial charge in [-0.05, 0) is 25.2 Å². The molecule has 3 heteroatoms. The fourth-order valence-corrected chi connectivity index (χ4v) is 2.49. The first-order valence-electron chi connectivity index (χ1n) is 4.76.